The van der Waals surface area contributed by atoms with Gasteiger partial charge in [0.1, 0.15) is 5.75 Å². The first-order valence-electron chi connectivity index (χ1n) is 11.4. The number of thioether (sulfide) groups is 1. The number of hydrogen-bond donors (Lipinski definition) is 3. The van der Waals surface area contributed by atoms with Crippen LogP contribution in [0.1, 0.15) is 0 Å². The van der Waals surface area contributed by atoms with Crippen molar-refractivity contribution in [1.82, 2.24) is 15.0 Å². The summed E-state index contributed by atoms with van der Waals surface area (Å²) in [6.45, 7) is 0. The van der Waals surface area contributed by atoms with Crippen molar-refractivity contribution in [3.63, 3.8) is 0 Å². The van der Waals surface area contributed by atoms with E-state index in [1.807, 2.05) is 47.8 Å². The minimum atomic E-state index is -3.83. The largest absolute Gasteiger partial charge is 0.497 e. The maximum atomic E-state index is 13.2. The number of benzene rings is 2. The predicted molar refractivity (Wildman–Crippen MR) is 153 cm³/mol. The summed E-state index contributed by atoms with van der Waals surface area (Å²) in [7, 11) is -2.23. The molecule has 5 rings (SSSR count). The molecule has 10 nitrogen and oxygen atoms in total. The van der Waals surface area contributed by atoms with E-state index < -0.39 is 10.0 Å². The van der Waals surface area contributed by atoms with E-state index in [2.05, 4.69) is 20.3 Å². The van der Waals surface area contributed by atoms with Gasteiger partial charge >= 0.3 is 0 Å². The van der Waals surface area contributed by atoms with E-state index in [1.165, 1.54) is 35.6 Å². The number of aromatic nitrogens is 3. The summed E-state index contributed by atoms with van der Waals surface area (Å²) in [5, 5.41) is 10.3. The molecular formula is C26H21N5O5S3. The van der Waals surface area contributed by atoms with Gasteiger partial charge in [-0.2, -0.15) is 0 Å². The zero-order valence-corrected chi connectivity index (χ0v) is 22.8. The summed E-state index contributed by atoms with van der Waals surface area (Å²) in [6, 6.07) is 18.6. The van der Waals surface area contributed by atoms with Crippen molar-refractivity contribution in [3.05, 3.63) is 82.5 Å². The van der Waals surface area contributed by atoms with Gasteiger partial charge in [-0.1, -0.05) is 17.8 Å². The predicted octanol–water partition coefficient (Wildman–Crippen LogP) is 4.10. The van der Waals surface area contributed by atoms with Crippen molar-refractivity contribution in [3.8, 4) is 27.4 Å². The number of methoxy groups -OCH3 is 1. The molecule has 0 unspecified atom stereocenters. The van der Waals surface area contributed by atoms with E-state index in [0.717, 1.165) is 22.2 Å². The van der Waals surface area contributed by atoms with Gasteiger partial charge < -0.3 is 15.0 Å². The number of H-pyrrole nitrogens is 1. The molecule has 0 aliphatic heterocycles. The summed E-state index contributed by atoms with van der Waals surface area (Å²) < 4.78 is 28.1. The number of rotatable bonds is 8. The van der Waals surface area contributed by atoms with Crippen LogP contribution in [0.15, 0.2) is 87.0 Å². The summed E-state index contributed by atoms with van der Waals surface area (Å²) in [5.41, 5.74) is 2.49. The molecule has 0 atom stereocenters. The Morgan fingerprint density at radius 1 is 1.10 bits per heavy atom. The quantitative estimate of drug-likeness (QED) is 0.183. The number of nitrogens with zero attached hydrogens (tertiary/aromatic N) is 2. The number of carbonyl (C=O) groups excluding carboxylic acids is 1. The molecule has 0 bridgehead atoms. The van der Waals surface area contributed by atoms with E-state index in [4.69, 9.17) is 9.88 Å². The molecular weight excluding hydrogens is 559 g/mol. The minimum absolute atomic E-state index is 0.0542. The molecule has 13 heteroatoms. The van der Waals surface area contributed by atoms with Crippen LogP contribution >= 0.6 is 23.1 Å². The lowest BCUT2D eigenvalue weighted by atomic mass is 10.1. The molecule has 0 spiro atoms. The third kappa shape index (κ3) is 6.01. The van der Waals surface area contributed by atoms with Crippen LogP contribution in [0.5, 0.6) is 5.75 Å². The molecule has 0 aliphatic rings. The van der Waals surface area contributed by atoms with Crippen molar-refractivity contribution in [2.24, 2.45) is 5.14 Å². The molecule has 3 aromatic heterocycles. The van der Waals surface area contributed by atoms with Crippen molar-refractivity contribution in [2.45, 2.75) is 10.1 Å². The van der Waals surface area contributed by atoms with Gasteiger partial charge in [-0.05, 0) is 66.0 Å². The summed E-state index contributed by atoms with van der Waals surface area (Å²) in [4.78, 5) is 38.5. The molecule has 1 amide bonds. The third-order valence-electron chi connectivity index (χ3n) is 5.63. The Balaban J connectivity index is 1.43. The highest BCUT2D eigenvalue weighted by Gasteiger charge is 2.17. The highest BCUT2D eigenvalue weighted by Crippen LogP contribution is 2.33. The van der Waals surface area contributed by atoms with Crippen LogP contribution in [-0.4, -0.2) is 42.1 Å². The number of fused-ring (bicyclic) bond motifs is 1. The van der Waals surface area contributed by atoms with Crippen molar-refractivity contribution >= 4 is 55.7 Å². The fourth-order valence-electron chi connectivity index (χ4n) is 3.78. The van der Waals surface area contributed by atoms with E-state index in [-0.39, 0.29) is 32.9 Å². The van der Waals surface area contributed by atoms with Gasteiger partial charge in [0.05, 0.1) is 28.8 Å². The second kappa shape index (κ2) is 11.0. The maximum Gasteiger partial charge on any atom is 0.261 e. The van der Waals surface area contributed by atoms with Crippen molar-refractivity contribution in [1.29, 1.82) is 0 Å². The van der Waals surface area contributed by atoms with Gasteiger partial charge in [0.2, 0.25) is 15.9 Å². The van der Waals surface area contributed by atoms with Crippen LogP contribution in [-0.2, 0) is 14.8 Å². The van der Waals surface area contributed by atoms with Gasteiger partial charge in [0, 0.05) is 21.7 Å². The zero-order valence-electron chi connectivity index (χ0n) is 20.4. The van der Waals surface area contributed by atoms with Gasteiger partial charge in [0.15, 0.2) is 10.8 Å². The van der Waals surface area contributed by atoms with Crippen LogP contribution in [0, 0.1) is 0 Å². The van der Waals surface area contributed by atoms with Gasteiger partial charge in [0.25, 0.3) is 5.56 Å². The number of primary sulfonamides is 1. The molecule has 39 heavy (non-hydrogen) atoms. The summed E-state index contributed by atoms with van der Waals surface area (Å²) in [6.07, 6.45) is 0. The van der Waals surface area contributed by atoms with Crippen molar-refractivity contribution < 1.29 is 17.9 Å². The molecule has 0 radical (unpaired) electrons. The van der Waals surface area contributed by atoms with Crippen LogP contribution in [0.2, 0.25) is 0 Å². The minimum Gasteiger partial charge on any atom is -0.497 e. The first-order chi connectivity index (χ1) is 18.7. The Labute approximate surface area is 231 Å². The SMILES string of the molecule is COc1ccc(-c2cc(-c3cccs3)c3c(=O)[nH]c(SCC(=O)Nc4ccc(S(N)(=O)=O)cc4)nc3n2)cc1. The zero-order chi connectivity index (χ0) is 27.6. The van der Waals surface area contributed by atoms with E-state index in [0.29, 0.717) is 28.1 Å². The second-order valence-corrected chi connectivity index (χ2v) is 11.7. The number of ether oxygens (including phenoxy) is 1. The Hall–Kier alpha value is -4.04. The summed E-state index contributed by atoms with van der Waals surface area (Å²) in [5.74, 6) is 0.289. The Morgan fingerprint density at radius 2 is 1.85 bits per heavy atom. The Bertz CT molecular complexity index is 1820. The van der Waals surface area contributed by atoms with Gasteiger partial charge in [-0.3, -0.25) is 9.59 Å². The highest BCUT2D eigenvalue weighted by atomic mass is 32.2. The van der Waals surface area contributed by atoms with E-state index >= 15 is 0 Å². The fourth-order valence-corrected chi connectivity index (χ4v) is 5.70. The molecule has 0 aliphatic carbocycles. The smallest absolute Gasteiger partial charge is 0.261 e. The average molecular weight is 580 g/mol. The number of amides is 1. The van der Waals surface area contributed by atoms with Gasteiger partial charge in [-0.15, -0.1) is 11.3 Å². The molecule has 3 heterocycles. The fraction of sp³-hybridized carbons (Fsp3) is 0.0769. The summed E-state index contributed by atoms with van der Waals surface area (Å²) >= 11 is 2.55. The topological polar surface area (TPSA) is 157 Å². The number of nitrogens with two attached hydrogens (primary N) is 1. The standard InChI is InChI=1S/C26H21N5O5S3/c1-36-17-8-4-15(5-9-17)20-13-19(21-3-2-12-37-21)23-24(29-20)30-26(31-25(23)33)38-14-22(32)28-16-6-10-18(11-7-16)39(27,34)35/h2-13H,14H2,1H3,(H,28,32)(H2,27,34,35)(H,29,30,31,33). The van der Waals surface area contributed by atoms with Crippen molar-refractivity contribution in [2.75, 3.05) is 18.2 Å². The first-order valence-corrected chi connectivity index (χ1v) is 14.8. The molecule has 0 fully saturated rings. The number of hydrogen-bond acceptors (Lipinski definition) is 9. The second-order valence-electron chi connectivity index (χ2n) is 8.24. The number of pyridine rings is 1. The molecule has 0 saturated heterocycles. The number of thiophene rings is 1. The normalized spacial score (nSPS) is 11.4. The lowest BCUT2D eigenvalue weighted by Crippen LogP contribution is -2.16. The van der Waals surface area contributed by atoms with E-state index in [9.17, 15) is 18.0 Å². The third-order valence-corrected chi connectivity index (χ3v) is 8.34. The first kappa shape index (κ1) is 26.6. The van der Waals surface area contributed by atoms with E-state index in [1.54, 1.807) is 7.11 Å². The maximum absolute atomic E-state index is 13.2. The lowest BCUT2D eigenvalue weighted by molar-refractivity contribution is -0.113. The highest BCUT2D eigenvalue weighted by molar-refractivity contribution is 7.99. The molecule has 2 aromatic carbocycles. The molecule has 198 valence electrons. The molecule has 5 aromatic rings. The van der Waals surface area contributed by atoms with Crippen LogP contribution in [0.25, 0.3) is 32.7 Å². The van der Waals surface area contributed by atoms with Crippen LogP contribution in [0.3, 0.4) is 0 Å². The van der Waals surface area contributed by atoms with Crippen LogP contribution in [0.4, 0.5) is 5.69 Å². The molecule has 4 N–H and O–H groups in total. The Kier molecular flexibility index (Phi) is 7.48. The monoisotopic (exact) mass is 579 g/mol. The number of anilines is 1. The average Bonchev–Trinajstić information content (AvgIpc) is 3.46. The number of carbonyl (C=O) groups is 1. The van der Waals surface area contributed by atoms with Gasteiger partial charge in [-0.25, -0.2) is 23.5 Å². The number of sulfonamides is 1. The number of aromatic amines is 1. The lowest BCUT2D eigenvalue weighted by Gasteiger charge is -2.10. The molecule has 0 saturated carbocycles. The number of nitrogens with one attached hydrogen (secondary N) is 2. The van der Waals surface area contributed by atoms with Crippen LogP contribution < -0.4 is 20.8 Å². The Morgan fingerprint density at radius 3 is 2.49 bits per heavy atom.